The highest BCUT2D eigenvalue weighted by atomic mass is 79.9. The van der Waals surface area contributed by atoms with Gasteiger partial charge < -0.3 is 5.32 Å². The molecule has 0 saturated heterocycles. The van der Waals surface area contributed by atoms with Gasteiger partial charge in [-0.05, 0) is 63.6 Å². The zero-order valence-corrected chi connectivity index (χ0v) is 12.7. The van der Waals surface area contributed by atoms with E-state index in [1.807, 2.05) is 0 Å². The Morgan fingerprint density at radius 3 is 2.69 bits per heavy atom. The van der Waals surface area contributed by atoms with Crippen molar-refractivity contribution in [2.24, 2.45) is 0 Å². The van der Waals surface area contributed by atoms with E-state index in [9.17, 15) is 0 Å². The van der Waals surface area contributed by atoms with Crippen molar-refractivity contribution in [3.63, 3.8) is 0 Å². The molecule has 0 radical (unpaired) electrons. The van der Waals surface area contributed by atoms with E-state index in [0.29, 0.717) is 0 Å². The fourth-order valence-corrected chi connectivity index (χ4v) is 2.85. The van der Waals surface area contributed by atoms with Crippen molar-refractivity contribution in [3.8, 4) is 0 Å². The number of halogens is 2. The van der Waals surface area contributed by atoms with Gasteiger partial charge in [0, 0.05) is 16.7 Å². The summed E-state index contributed by atoms with van der Waals surface area (Å²) >= 11 is 8.67. The van der Waals surface area contributed by atoms with Crippen molar-refractivity contribution >= 4 is 48.9 Å². The lowest BCUT2D eigenvalue weighted by Crippen LogP contribution is -1.98. The molecule has 84 valence electrons. The molecule has 0 atom stereocenters. The highest BCUT2D eigenvalue weighted by molar-refractivity contribution is 9.11. The number of aryl methyl sites for hydroxylation is 1. The third-order valence-electron chi connectivity index (χ3n) is 2.28. The van der Waals surface area contributed by atoms with Gasteiger partial charge in [0.15, 0.2) is 0 Å². The number of rotatable bonds is 3. The molecule has 1 N–H and O–H groups in total. The summed E-state index contributed by atoms with van der Waals surface area (Å²) in [7, 11) is 0. The van der Waals surface area contributed by atoms with Crippen LogP contribution in [0.4, 0.5) is 5.69 Å². The van der Waals surface area contributed by atoms with Crippen LogP contribution in [0.2, 0.25) is 0 Å². The Balaban J connectivity index is 2.02. The van der Waals surface area contributed by atoms with Crippen LogP contribution >= 0.6 is 43.2 Å². The van der Waals surface area contributed by atoms with Crippen molar-refractivity contribution in [2.45, 2.75) is 13.5 Å². The Kier molecular flexibility index (Phi) is 4.05. The molecule has 0 fully saturated rings. The summed E-state index contributed by atoms with van der Waals surface area (Å²) in [5, 5.41) is 5.56. The largest absolute Gasteiger partial charge is 0.381 e. The molecule has 1 aromatic heterocycles. The predicted octanol–water partition coefficient (Wildman–Crippen LogP) is 5.19. The van der Waals surface area contributed by atoms with Gasteiger partial charge in [-0.1, -0.05) is 15.9 Å². The van der Waals surface area contributed by atoms with Crippen LogP contribution in [-0.4, -0.2) is 0 Å². The maximum atomic E-state index is 3.50. The van der Waals surface area contributed by atoms with Crippen molar-refractivity contribution < 1.29 is 0 Å². The number of benzene rings is 1. The van der Waals surface area contributed by atoms with Gasteiger partial charge in [-0.15, -0.1) is 11.3 Å². The zero-order chi connectivity index (χ0) is 11.5. The van der Waals surface area contributed by atoms with E-state index >= 15 is 0 Å². The van der Waals surface area contributed by atoms with Gasteiger partial charge in [-0.2, -0.15) is 0 Å². The highest BCUT2D eigenvalue weighted by Crippen LogP contribution is 2.23. The Morgan fingerprint density at radius 1 is 1.25 bits per heavy atom. The van der Waals surface area contributed by atoms with Gasteiger partial charge in [0.25, 0.3) is 0 Å². The smallest absolute Gasteiger partial charge is 0.0701 e. The maximum absolute atomic E-state index is 3.50. The molecule has 2 aromatic rings. The molecule has 1 aromatic carbocycles. The fraction of sp³-hybridized carbons (Fsp3) is 0.167. The summed E-state index contributed by atoms with van der Waals surface area (Å²) in [5.41, 5.74) is 3.71. The summed E-state index contributed by atoms with van der Waals surface area (Å²) in [6, 6.07) is 8.44. The van der Waals surface area contributed by atoms with Crippen LogP contribution in [0, 0.1) is 6.92 Å². The molecule has 1 nitrogen and oxygen atoms in total. The van der Waals surface area contributed by atoms with Gasteiger partial charge in [-0.25, -0.2) is 0 Å². The summed E-state index contributed by atoms with van der Waals surface area (Å²) in [6.45, 7) is 2.96. The average Bonchev–Trinajstić information content (AvgIpc) is 2.66. The number of hydrogen-bond acceptors (Lipinski definition) is 2. The Morgan fingerprint density at radius 2 is 2.06 bits per heavy atom. The number of hydrogen-bond donors (Lipinski definition) is 1. The normalized spacial score (nSPS) is 10.4. The lowest BCUT2D eigenvalue weighted by molar-refractivity contribution is 1.16. The van der Waals surface area contributed by atoms with Crippen LogP contribution in [0.15, 0.2) is 37.9 Å². The van der Waals surface area contributed by atoms with Crippen molar-refractivity contribution in [3.05, 3.63) is 49.0 Å². The minimum absolute atomic E-state index is 0.864. The Hall–Kier alpha value is -0.320. The summed E-state index contributed by atoms with van der Waals surface area (Å²) < 4.78 is 2.33. The third kappa shape index (κ3) is 3.09. The van der Waals surface area contributed by atoms with E-state index in [1.54, 1.807) is 11.3 Å². The van der Waals surface area contributed by atoms with Crippen LogP contribution in [0.25, 0.3) is 0 Å². The predicted molar refractivity (Wildman–Crippen MR) is 78.2 cm³/mol. The second-order valence-corrected chi connectivity index (χ2v) is 6.72. The van der Waals surface area contributed by atoms with Gasteiger partial charge >= 0.3 is 0 Å². The van der Waals surface area contributed by atoms with Gasteiger partial charge in [0.1, 0.15) is 0 Å². The first-order valence-electron chi connectivity index (χ1n) is 4.88. The number of thiophene rings is 1. The molecule has 2 rings (SSSR count). The fourth-order valence-electron chi connectivity index (χ4n) is 1.40. The molecule has 0 amide bonds. The van der Waals surface area contributed by atoms with Crippen LogP contribution in [0.3, 0.4) is 0 Å². The van der Waals surface area contributed by atoms with Crippen LogP contribution in [-0.2, 0) is 6.54 Å². The molecule has 0 aliphatic heterocycles. The molecule has 0 aliphatic carbocycles. The van der Waals surface area contributed by atoms with E-state index in [-0.39, 0.29) is 0 Å². The Labute approximate surface area is 116 Å². The molecular weight excluding hydrogens is 350 g/mol. The molecule has 0 spiro atoms. The van der Waals surface area contributed by atoms with E-state index in [4.69, 9.17) is 0 Å². The standard InChI is InChI=1S/C12H11Br2NS/c1-8-4-10(2-3-11(8)13)15-6-9-5-12(14)16-7-9/h2-5,7,15H,6H2,1H3. The van der Waals surface area contributed by atoms with Gasteiger partial charge in [0.05, 0.1) is 3.79 Å². The first-order chi connectivity index (χ1) is 7.65. The van der Waals surface area contributed by atoms with Gasteiger partial charge in [0.2, 0.25) is 0 Å². The van der Waals surface area contributed by atoms with Crippen LogP contribution in [0.5, 0.6) is 0 Å². The molecule has 0 unspecified atom stereocenters. The van der Waals surface area contributed by atoms with Crippen LogP contribution < -0.4 is 5.32 Å². The van der Waals surface area contributed by atoms with Crippen molar-refractivity contribution in [1.29, 1.82) is 0 Å². The van der Waals surface area contributed by atoms with E-state index in [2.05, 4.69) is 73.7 Å². The first kappa shape index (κ1) is 12.1. The van der Waals surface area contributed by atoms with Gasteiger partial charge in [-0.3, -0.25) is 0 Å². The minimum atomic E-state index is 0.864. The third-order valence-corrected chi connectivity index (χ3v) is 4.72. The summed E-state index contributed by atoms with van der Waals surface area (Å²) in [6.07, 6.45) is 0. The van der Waals surface area contributed by atoms with E-state index in [0.717, 1.165) is 16.7 Å². The number of anilines is 1. The van der Waals surface area contributed by atoms with Crippen LogP contribution in [0.1, 0.15) is 11.1 Å². The molecule has 16 heavy (non-hydrogen) atoms. The molecular formula is C12H11Br2NS. The molecule has 4 heteroatoms. The second-order valence-electron chi connectivity index (χ2n) is 3.58. The zero-order valence-electron chi connectivity index (χ0n) is 8.76. The monoisotopic (exact) mass is 359 g/mol. The molecule has 1 heterocycles. The van der Waals surface area contributed by atoms with Crippen molar-refractivity contribution in [1.82, 2.24) is 0 Å². The number of nitrogens with one attached hydrogen (secondary N) is 1. The Bertz CT molecular complexity index is 494. The van der Waals surface area contributed by atoms with E-state index in [1.165, 1.54) is 14.9 Å². The molecule has 0 aliphatic rings. The minimum Gasteiger partial charge on any atom is -0.381 e. The lowest BCUT2D eigenvalue weighted by atomic mass is 10.2. The molecule has 0 bridgehead atoms. The molecule has 0 saturated carbocycles. The SMILES string of the molecule is Cc1cc(NCc2csc(Br)c2)ccc1Br. The summed E-state index contributed by atoms with van der Waals surface area (Å²) in [4.78, 5) is 0. The second kappa shape index (κ2) is 5.34. The lowest BCUT2D eigenvalue weighted by Gasteiger charge is -2.06. The average molecular weight is 361 g/mol. The topological polar surface area (TPSA) is 12.0 Å². The van der Waals surface area contributed by atoms with E-state index < -0.39 is 0 Å². The van der Waals surface area contributed by atoms with Crippen molar-refractivity contribution in [2.75, 3.05) is 5.32 Å². The first-order valence-corrected chi connectivity index (χ1v) is 7.34. The quantitative estimate of drug-likeness (QED) is 0.793. The summed E-state index contributed by atoms with van der Waals surface area (Å²) in [5.74, 6) is 0. The maximum Gasteiger partial charge on any atom is 0.0701 e. The highest BCUT2D eigenvalue weighted by Gasteiger charge is 1.99.